The van der Waals surface area contributed by atoms with Gasteiger partial charge in [0.25, 0.3) is 0 Å². The number of halogens is 1. The molecule has 0 saturated heterocycles. The predicted octanol–water partition coefficient (Wildman–Crippen LogP) is 2.97. The molecule has 4 nitrogen and oxygen atoms in total. The van der Waals surface area contributed by atoms with Gasteiger partial charge in [-0.2, -0.15) is 5.10 Å². The van der Waals surface area contributed by atoms with Gasteiger partial charge in [-0.1, -0.05) is 28.1 Å². The van der Waals surface area contributed by atoms with Crippen molar-refractivity contribution in [1.29, 1.82) is 0 Å². The SMILES string of the molecule is Cc1cc(OC[C@H](O)c2cccc(Br)c2)nnc1C. The van der Waals surface area contributed by atoms with Crippen LogP contribution in [0, 0.1) is 13.8 Å². The Morgan fingerprint density at radius 3 is 2.74 bits per heavy atom. The zero-order valence-electron chi connectivity index (χ0n) is 10.8. The fraction of sp³-hybridized carbons (Fsp3) is 0.286. The van der Waals surface area contributed by atoms with Crippen LogP contribution in [0.3, 0.4) is 0 Å². The predicted molar refractivity (Wildman–Crippen MR) is 76.1 cm³/mol. The zero-order chi connectivity index (χ0) is 13.8. The number of aliphatic hydroxyl groups excluding tert-OH is 1. The van der Waals surface area contributed by atoms with Gasteiger partial charge in [0.2, 0.25) is 5.88 Å². The molecule has 19 heavy (non-hydrogen) atoms. The third-order valence-electron chi connectivity index (χ3n) is 2.83. The van der Waals surface area contributed by atoms with E-state index in [0.717, 1.165) is 21.3 Å². The number of hydrogen-bond donors (Lipinski definition) is 1. The summed E-state index contributed by atoms with van der Waals surface area (Å²) in [4.78, 5) is 0. The average Bonchev–Trinajstić information content (AvgIpc) is 2.40. The third-order valence-corrected chi connectivity index (χ3v) is 3.33. The van der Waals surface area contributed by atoms with Crippen LogP contribution in [0.2, 0.25) is 0 Å². The van der Waals surface area contributed by atoms with Gasteiger partial charge in [0.05, 0.1) is 5.69 Å². The van der Waals surface area contributed by atoms with E-state index >= 15 is 0 Å². The fourth-order valence-corrected chi connectivity index (χ4v) is 1.98. The monoisotopic (exact) mass is 322 g/mol. The number of aryl methyl sites for hydroxylation is 2. The van der Waals surface area contributed by atoms with Crippen LogP contribution in [0.25, 0.3) is 0 Å². The summed E-state index contributed by atoms with van der Waals surface area (Å²) < 4.78 is 6.38. The van der Waals surface area contributed by atoms with Crippen molar-refractivity contribution in [2.24, 2.45) is 0 Å². The number of ether oxygens (including phenoxy) is 1. The van der Waals surface area contributed by atoms with E-state index in [9.17, 15) is 5.11 Å². The number of benzene rings is 1. The second-order valence-corrected chi connectivity index (χ2v) is 5.25. The first-order valence-electron chi connectivity index (χ1n) is 5.93. The van der Waals surface area contributed by atoms with Gasteiger partial charge >= 0.3 is 0 Å². The van der Waals surface area contributed by atoms with Crippen LogP contribution in [0.5, 0.6) is 5.88 Å². The lowest BCUT2D eigenvalue weighted by molar-refractivity contribution is 0.105. The van der Waals surface area contributed by atoms with Gasteiger partial charge in [-0.25, -0.2) is 0 Å². The Morgan fingerprint density at radius 1 is 1.26 bits per heavy atom. The molecule has 1 heterocycles. The molecular formula is C14H15BrN2O2. The minimum absolute atomic E-state index is 0.146. The summed E-state index contributed by atoms with van der Waals surface area (Å²) in [5.41, 5.74) is 2.69. The second-order valence-electron chi connectivity index (χ2n) is 4.33. The van der Waals surface area contributed by atoms with E-state index in [4.69, 9.17) is 4.74 Å². The summed E-state index contributed by atoms with van der Waals surface area (Å²) >= 11 is 3.37. The summed E-state index contributed by atoms with van der Waals surface area (Å²) in [5, 5.41) is 17.9. The van der Waals surface area contributed by atoms with E-state index in [1.807, 2.05) is 44.2 Å². The van der Waals surface area contributed by atoms with Crippen molar-refractivity contribution in [3.8, 4) is 5.88 Å². The minimum atomic E-state index is -0.694. The molecule has 0 aliphatic heterocycles. The molecule has 100 valence electrons. The van der Waals surface area contributed by atoms with Crippen LogP contribution in [0.1, 0.15) is 22.9 Å². The standard InChI is InChI=1S/C14H15BrN2O2/c1-9-6-14(17-16-10(9)2)19-8-13(18)11-4-3-5-12(15)7-11/h3-7,13,18H,8H2,1-2H3/t13-/m0/s1. The first kappa shape index (κ1) is 14.0. The molecule has 0 fully saturated rings. The molecule has 1 N–H and O–H groups in total. The Balaban J connectivity index is 2.00. The summed E-state index contributed by atoms with van der Waals surface area (Å²) in [6, 6.07) is 9.31. The molecule has 0 amide bonds. The Hall–Kier alpha value is -1.46. The molecule has 1 aromatic carbocycles. The number of rotatable bonds is 4. The van der Waals surface area contributed by atoms with Crippen molar-refractivity contribution >= 4 is 15.9 Å². The number of nitrogens with zero attached hydrogens (tertiary/aromatic N) is 2. The highest BCUT2D eigenvalue weighted by Crippen LogP contribution is 2.19. The lowest BCUT2D eigenvalue weighted by atomic mass is 10.1. The molecule has 2 rings (SSSR count). The lowest BCUT2D eigenvalue weighted by Crippen LogP contribution is -2.11. The van der Waals surface area contributed by atoms with E-state index in [2.05, 4.69) is 26.1 Å². The van der Waals surface area contributed by atoms with Crippen LogP contribution in [0.4, 0.5) is 0 Å². The molecule has 2 aromatic rings. The van der Waals surface area contributed by atoms with Crippen molar-refractivity contribution in [1.82, 2.24) is 10.2 Å². The summed E-state index contributed by atoms with van der Waals surface area (Å²) in [6.45, 7) is 3.98. The zero-order valence-corrected chi connectivity index (χ0v) is 12.4. The smallest absolute Gasteiger partial charge is 0.233 e. The molecule has 0 unspecified atom stereocenters. The fourth-order valence-electron chi connectivity index (χ4n) is 1.57. The maximum Gasteiger partial charge on any atom is 0.233 e. The summed E-state index contributed by atoms with van der Waals surface area (Å²) in [7, 11) is 0. The molecule has 1 aromatic heterocycles. The lowest BCUT2D eigenvalue weighted by Gasteiger charge is -2.12. The Kier molecular flexibility index (Phi) is 4.50. The van der Waals surface area contributed by atoms with Gasteiger partial charge in [0, 0.05) is 10.5 Å². The molecule has 0 saturated carbocycles. The summed E-state index contributed by atoms with van der Waals surface area (Å²) in [5.74, 6) is 0.428. The molecule has 0 bridgehead atoms. The second kappa shape index (κ2) is 6.12. The van der Waals surface area contributed by atoms with E-state index < -0.39 is 6.10 Å². The molecule has 1 atom stereocenters. The topological polar surface area (TPSA) is 55.2 Å². The van der Waals surface area contributed by atoms with Gasteiger partial charge in [0.1, 0.15) is 12.7 Å². The van der Waals surface area contributed by atoms with Gasteiger partial charge in [0.15, 0.2) is 0 Å². The highest BCUT2D eigenvalue weighted by molar-refractivity contribution is 9.10. The van der Waals surface area contributed by atoms with Crippen molar-refractivity contribution in [3.63, 3.8) is 0 Å². The van der Waals surface area contributed by atoms with Crippen molar-refractivity contribution < 1.29 is 9.84 Å². The Morgan fingerprint density at radius 2 is 2.05 bits per heavy atom. The molecular weight excluding hydrogens is 308 g/mol. The molecule has 0 spiro atoms. The van der Waals surface area contributed by atoms with Crippen LogP contribution in [-0.2, 0) is 0 Å². The van der Waals surface area contributed by atoms with E-state index in [1.165, 1.54) is 0 Å². The van der Waals surface area contributed by atoms with Crippen LogP contribution < -0.4 is 4.74 Å². The van der Waals surface area contributed by atoms with Gasteiger partial charge in [-0.3, -0.25) is 0 Å². The number of aliphatic hydroxyl groups is 1. The van der Waals surface area contributed by atoms with E-state index in [0.29, 0.717) is 5.88 Å². The van der Waals surface area contributed by atoms with Gasteiger partial charge in [-0.15, -0.1) is 5.10 Å². The van der Waals surface area contributed by atoms with Gasteiger partial charge in [-0.05, 0) is 37.1 Å². The van der Waals surface area contributed by atoms with Crippen LogP contribution in [-0.4, -0.2) is 21.9 Å². The molecule has 0 radical (unpaired) electrons. The molecule has 0 aliphatic rings. The van der Waals surface area contributed by atoms with Crippen molar-refractivity contribution in [3.05, 3.63) is 51.6 Å². The first-order chi connectivity index (χ1) is 9.06. The first-order valence-corrected chi connectivity index (χ1v) is 6.73. The number of hydrogen-bond acceptors (Lipinski definition) is 4. The molecule has 5 heteroatoms. The van der Waals surface area contributed by atoms with Crippen LogP contribution >= 0.6 is 15.9 Å². The summed E-state index contributed by atoms with van der Waals surface area (Å²) in [6.07, 6.45) is -0.694. The van der Waals surface area contributed by atoms with Crippen LogP contribution in [0.15, 0.2) is 34.8 Å². The number of aromatic nitrogens is 2. The largest absolute Gasteiger partial charge is 0.473 e. The minimum Gasteiger partial charge on any atom is -0.473 e. The molecule has 0 aliphatic carbocycles. The Bertz CT molecular complexity index is 575. The Labute approximate surface area is 120 Å². The third kappa shape index (κ3) is 3.75. The van der Waals surface area contributed by atoms with Crippen molar-refractivity contribution in [2.75, 3.05) is 6.61 Å². The highest BCUT2D eigenvalue weighted by Gasteiger charge is 2.10. The highest BCUT2D eigenvalue weighted by atomic mass is 79.9. The van der Waals surface area contributed by atoms with Crippen molar-refractivity contribution in [2.45, 2.75) is 20.0 Å². The quantitative estimate of drug-likeness (QED) is 0.940. The normalized spacial score (nSPS) is 12.2. The maximum atomic E-state index is 10.0. The average molecular weight is 323 g/mol. The van der Waals surface area contributed by atoms with Gasteiger partial charge < -0.3 is 9.84 Å². The van der Waals surface area contributed by atoms with E-state index in [1.54, 1.807) is 0 Å². The maximum absolute atomic E-state index is 10.0. The van der Waals surface area contributed by atoms with E-state index in [-0.39, 0.29) is 6.61 Å².